The molecule has 20 heavy (non-hydrogen) atoms. The molecule has 1 aliphatic rings. The Kier molecular flexibility index (Phi) is 5.86. The summed E-state index contributed by atoms with van der Waals surface area (Å²) in [7, 11) is 0. The van der Waals surface area contributed by atoms with Gasteiger partial charge >= 0.3 is 6.01 Å². The van der Waals surface area contributed by atoms with Crippen molar-refractivity contribution in [2.45, 2.75) is 44.2 Å². The van der Waals surface area contributed by atoms with Gasteiger partial charge in [0.1, 0.15) is 6.10 Å². The Morgan fingerprint density at radius 2 is 1.95 bits per heavy atom. The molecule has 1 aromatic heterocycles. The first kappa shape index (κ1) is 15.3. The van der Waals surface area contributed by atoms with Gasteiger partial charge in [0, 0.05) is 18.3 Å². The summed E-state index contributed by atoms with van der Waals surface area (Å²) in [6.07, 6.45) is 7.03. The molecule has 0 atom stereocenters. The largest absolute Gasteiger partial charge is 0.460 e. The van der Waals surface area contributed by atoms with Crippen LogP contribution in [0.25, 0.3) is 0 Å². The van der Waals surface area contributed by atoms with Crippen LogP contribution in [0.3, 0.4) is 0 Å². The summed E-state index contributed by atoms with van der Waals surface area (Å²) in [6.45, 7) is 0. The second-order valence-electron chi connectivity index (χ2n) is 4.78. The predicted molar refractivity (Wildman–Crippen MR) is 77.2 cm³/mol. The van der Waals surface area contributed by atoms with Gasteiger partial charge in [0.15, 0.2) is 0 Å². The highest BCUT2D eigenvalue weighted by atomic mass is 35.5. The zero-order valence-corrected chi connectivity index (χ0v) is 12.5. The van der Waals surface area contributed by atoms with Gasteiger partial charge in [0.05, 0.1) is 17.4 Å². The minimum atomic E-state index is 0.0189. The topological polar surface area (TPSA) is 64.1 Å². The van der Waals surface area contributed by atoms with Crippen molar-refractivity contribution in [3.63, 3.8) is 0 Å². The van der Waals surface area contributed by atoms with E-state index in [1.54, 1.807) is 0 Å². The lowest BCUT2D eigenvalue weighted by Crippen LogP contribution is -2.39. The number of aromatic nitrogens is 2. The van der Waals surface area contributed by atoms with Crippen molar-refractivity contribution in [2.75, 3.05) is 5.88 Å². The van der Waals surface area contributed by atoms with Crippen molar-refractivity contribution in [1.82, 2.24) is 15.3 Å². The zero-order valence-electron chi connectivity index (χ0n) is 11.0. The Hall–Kier alpha value is -1.07. The van der Waals surface area contributed by atoms with E-state index in [4.69, 9.17) is 27.9 Å². The second-order valence-corrected chi connectivity index (χ2v) is 5.60. The fraction of sp³-hybridized carbons (Fsp3) is 0.615. The van der Waals surface area contributed by atoms with E-state index in [0.29, 0.717) is 23.3 Å². The van der Waals surface area contributed by atoms with Gasteiger partial charge in [-0.1, -0.05) is 11.6 Å². The average molecular weight is 318 g/mol. The van der Waals surface area contributed by atoms with Crippen molar-refractivity contribution in [3.05, 3.63) is 17.4 Å². The molecule has 1 aromatic rings. The molecule has 0 aliphatic heterocycles. The molecule has 1 amide bonds. The van der Waals surface area contributed by atoms with Crippen molar-refractivity contribution in [2.24, 2.45) is 0 Å². The number of nitrogens with zero attached hydrogens (tertiary/aromatic N) is 2. The highest BCUT2D eigenvalue weighted by Gasteiger charge is 2.24. The highest BCUT2D eigenvalue weighted by molar-refractivity contribution is 6.30. The van der Waals surface area contributed by atoms with Crippen LogP contribution in [0.1, 0.15) is 32.1 Å². The molecule has 110 valence electrons. The van der Waals surface area contributed by atoms with E-state index in [1.165, 1.54) is 12.4 Å². The maximum absolute atomic E-state index is 11.5. The third-order valence-corrected chi connectivity index (χ3v) is 3.61. The number of hydrogen-bond acceptors (Lipinski definition) is 4. The molecule has 1 heterocycles. The van der Waals surface area contributed by atoms with Gasteiger partial charge < -0.3 is 10.1 Å². The Labute approximate surface area is 128 Å². The molecular formula is C13H17Cl2N3O2. The Bertz CT molecular complexity index is 434. The van der Waals surface area contributed by atoms with Crippen molar-refractivity contribution in [1.29, 1.82) is 0 Å². The van der Waals surface area contributed by atoms with Crippen molar-refractivity contribution < 1.29 is 9.53 Å². The smallest absolute Gasteiger partial charge is 0.316 e. The fourth-order valence-electron chi connectivity index (χ4n) is 2.22. The maximum Gasteiger partial charge on any atom is 0.316 e. The molecule has 0 bridgehead atoms. The molecule has 1 aliphatic carbocycles. The van der Waals surface area contributed by atoms with E-state index in [9.17, 15) is 4.79 Å². The summed E-state index contributed by atoms with van der Waals surface area (Å²) in [6, 6.07) is 0.570. The monoisotopic (exact) mass is 317 g/mol. The molecule has 0 saturated heterocycles. The van der Waals surface area contributed by atoms with Crippen LogP contribution in [0.15, 0.2) is 12.4 Å². The molecule has 5 nitrogen and oxygen atoms in total. The summed E-state index contributed by atoms with van der Waals surface area (Å²) >= 11 is 11.3. The first-order valence-corrected chi connectivity index (χ1v) is 7.58. The summed E-state index contributed by atoms with van der Waals surface area (Å²) in [5, 5.41) is 3.47. The van der Waals surface area contributed by atoms with Crippen LogP contribution in [0.5, 0.6) is 6.01 Å². The molecule has 1 fully saturated rings. The number of ether oxygens (including phenoxy) is 1. The van der Waals surface area contributed by atoms with Gasteiger partial charge in [-0.05, 0) is 25.7 Å². The minimum Gasteiger partial charge on any atom is -0.460 e. The van der Waals surface area contributed by atoms with E-state index in [-0.39, 0.29) is 18.1 Å². The predicted octanol–water partition coefficient (Wildman–Crippen LogP) is 2.57. The van der Waals surface area contributed by atoms with E-state index >= 15 is 0 Å². The SMILES string of the molecule is O=C(CCCl)NC1CCC(Oc2ncc(Cl)cn2)CC1. The van der Waals surface area contributed by atoms with Crippen LogP contribution in [0.2, 0.25) is 5.02 Å². The number of carbonyl (C=O) groups excluding carboxylic acids is 1. The van der Waals surface area contributed by atoms with Crippen LogP contribution in [-0.2, 0) is 4.79 Å². The molecule has 2 rings (SSSR count). The molecule has 7 heteroatoms. The fourth-order valence-corrected chi connectivity index (χ4v) is 2.49. The lowest BCUT2D eigenvalue weighted by molar-refractivity contribution is -0.121. The Morgan fingerprint density at radius 3 is 2.55 bits per heavy atom. The molecular weight excluding hydrogens is 301 g/mol. The molecule has 0 unspecified atom stereocenters. The van der Waals surface area contributed by atoms with E-state index in [0.717, 1.165) is 25.7 Å². The van der Waals surface area contributed by atoms with E-state index in [1.807, 2.05) is 0 Å². The standard InChI is InChI=1S/C13H17Cl2N3O2/c14-6-5-12(19)18-10-1-3-11(4-2-10)20-13-16-7-9(15)8-17-13/h7-8,10-11H,1-6H2,(H,18,19). The van der Waals surface area contributed by atoms with Gasteiger partial charge in [-0.3, -0.25) is 4.79 Å². The van der Waals surface area contributed by atoms with Gasteiger partial charge in [-0.15, -0.1) is 11.6 Å². The van der Waals surface area contributed by atoms with Crippen LogP contribution >= 0.6 is 23.2 Å². The lowest BCUT2D eigenvalue weighted by atomic mass is 9.93. The molecule has 0 aromatic carbocycles. The number of alkyl halides is 1. The molecule has 1 N–H and O–H groups in total. The van der Waals surface area contributed by atoms with Crippen molar-refractivity contribution in [3.8, 4) is 6.01 Å². The Morgan fingerprint density at radius 1 is 1.30 bits per heavy atom. The maximum atomic E-state index is 11.5. The summed E-state index contributed by atoms with van der Waals surface area (Å²) in [5.41, 5.74) is 0. The number of amides is 1. The van der Waals surface area contributed by atoms with E-state index in [2.05, 4.69) is 15.3 Å². The summed E-state index contributed by atoms with van der Waals surface area (Å²) in [4.78, 5) is 19.5. The molecule has 0 radical (unpaired) electrons. The molecule has 1 saturated carbocycles. The number of hydrogen-bond donors (Lipinski definition) is 1. The Balaban J connectivity index is 1.74. The van der Waals surface area contributed by atoms with Crippen LogP contribution in [0, 0.1) is 0 Å². The van der Waals surface area contributed by atoms with Gasteiger partial charge in [-0.2, -0.15) is 0 Å². The lowest BCUT2D eigenvalue weighted by Gasteiger charge is -2.28. The van der Waals surface area contributed by atoms with Gasteiger partial charge in [-0.25, -0.2) is 9.97 Å². The first-order chi connectivity index (χ1) is 9.67. The third-order valence-electron chi connectivity index (χ3n) is 3.23. The second kappa shape index (κ2) is 7.64. The van der Waals surface area contributed by atoms with Gasteiger partial charge in [0.2, 0.25) is 5.91 Å². The minimum absolute atomic E-state index is 0.0189. The number of carbonyl (C=O) groups is 1. The number of nitrogens with one attached hydrogen (secondary N) is 1. The van der Waals surface area contributed by atoms with Crippen LogP contribution in [0.4, 0.5) is 0 Å². The number of rotatable bonds is 5. The van der Waals surface area contributed by atoms with Gasteiger partial charge in [0.25, 0.3) is 0 Å². The van der Waals surface area contributed by atoms with Crippen molar-refractivity contribution >= 4 is 29.1 Å². The summed E-state index contributed by atoms with van der Waals surface area (Å²) < 4.78 is 5.70. The van der Waals surface area contributed by atoms with E-state index < -0.39 is 0 Å². The van der Waals surface area contributed by atoms with Crippen LogP contribution < -0.4 is 10.1 Å². The quantitative estimate of drug-likeness (QED) is 0.848. The number of halogens is 2. The zero-order chi connectivity index (χ0) is 14.4. The first-order valence-electron chi connectivity index (χ1n) is 6.67. The van der Waals surface area contributed by atoms with Crippen LogP contribution in [-0.4, -0.2) is 33.9 Å². The normalized spacial score (nSPS) is 22.3. The third kappa shape index (κ3) is 4.80. The average Bonchev–Trinajstić information content (AvgIpc) is 2.44. The molecule has 0 spiro atoms. The summed E-state index contributed by atoms with van der Waals surface area (Å²) in [5.74, 6) is 0.378. The highest BCUT2D eigenvalue weighted by Crippen LogP contribution is 2.22.